The smallest absolute Gasteiger partial charge is 0.255 e. The van der Waals surface area contributed by atoms with Gasteiger partial charge in [0.25, 0.3) is 5.91 Å². The van der Waals surface area contributed by atoms with E-state index in [1.807, 2.05) is 110 Å². The highest BCUT2D eigenvalue weighted by atomic mass is 16.1. The number of carbonyl (C=O) groups excluding carboxylic acids is 1. The molecule has 0 spiro atoms. The number of anilines is 5. The van der Waals surface area contributed by atoms with Crippen molar-refractivity contribution in [2.45, 2.75) is 13.8 Å². The number of aryl methyl sites for hydroxylation is 2. The SMILES string of the molecule is Cc1ccnc(Nc2cc(Nc3ccc(NC(=O)c4ccc(-n5cccc5)cc4)cc3)nc(C)n2)c1. The van der Waals surface area contributed by atoms with Gasteiger partial charge in [0.1, 0.15) is 23.3 Å². The molecule has 1 amide bonds. The van der Waals surface area contributed by atoms with Gasteiger partial charge in [0.2, 0.25) is 0 Å². The van der Waals surface area contributed by atoms with Crippen molar-refractivity contribution < 1.29 is 4.79 Å². The summed E-state index contributed by atoms with van der Waals surface area (Å²) in [6.07, 6.45) is 5.68. The third kappa shape index (κ3) is 5.56. The number of hydrogen-bond acceptors (Lipinski definition) is 6. The first kappa shape index (κ1) is 22.8. The first-order valence-electron chi connectivity index (χ1n) is 11.5. The lowest BCUT2D eigenvalue weighted by atomic mass is 10.2. The molecule has 5 aromatic rings. The van der Waals surface area contributed by atoms with E-state index < -0.39 is 0 Å². The maximum atomic E-state index is 12.7. The fourth-order valence-electron chi connectivity index (χ4n) is 3.71. The molecule has 0 bridgehead atoms. The van der Waals surface area contributed by atoms with E-state index in [4.69, 9.17) is 0 Å². The van der Waals surface area contributed by atoms with Gasteiger partial charge < -0.3 is 20.5 Å². The quantitative estimate of drug-likeness (QED) is 0.266. The monoisotopic (exact) mass is 475 g/mol. The third-order valence-electron chi connectivity index (χ3n) is 5.46. The summed E-state index contributed by atoms with van der Waals surface area (Å²) in [5, 5.41) is 9.44. The molecule has 0 aliphatic rings. The average molecular weight is 476 g/mol. The van der Waals surface area contributed by atoms with Crippen LogP contribution in [0.5, 0.6) is 0 Å². The van der Waals surface area contributed by atoms with E-state index in [1.165, 1.54) is 0 Å². The molecule has 0 saturated heterocycles. The predicted octanol–water partition coefficient (Wildman–Crippen LogP) is 6.02. The second-order valence-corrected chi connectivity index (χ2v) is 8.32. The van der Waals surface area contributed by atoms with Crippen LogP contribution in [-0.2, 0) is 0 Å². The molecule has 3 N–H and O–H groups in total. The average Bonchev–Trinajstić information content (AvgIpc) is 3.40. The second-order valence-electron chi connectivity index (χ2n) is 8.32. The van der Waals surface area contributed by atoms with E-state index >= 15 is 0 Å². The van der Waals surface area contributed by atoms with Gasteiger partial charge in [-0.2, -0.15) is 0 Å². The Hall–Kier alpha value is -4.98. The van der Waals surface area contributed by atoms with Crippen LogP contribution in [-0.4, -0.2) is 25.4 Å². The highest BCUT2D eigenvalue weighted by Crippen LogP contribution is 2.22. The fourth-order valence-corrected chi connectivity index (χ4v) is 3.71. The van der Waals surface area contributed by atoms with E-state index in [9.17, 15) is 4.79 Å². The summed E-state index contributed by atoms with van der Waals surface area (Å²) in [7, 11) is 0. The van der Waals surface area contributed by atoms with Gasteiger partial charge in [-0.1, -0.05) is 0 Å². The van der Waals surface area contributed by atoms with Gasteiger partial charge in [0.15, 0.2) is 0 Å². The van der Waals surface area contributed by atoms with Gasteiger partial charge in [-0.25, -0.2) is 15.0 Å². The first-order chi connectivity index (χ1) is 17.5. The third-order valence-corrected chi connectivity index (χ3v) is 5.46. The zero-order chi connectivity index (χ0) is 24.9. The van der Waals surface area contributed by atoms with Crippen molar-refractivity contribution in [2.24, 2.45) is 0 Å². The van der Waals surface area contributed by atoms with Crippen LogP contribution < -0.4 is 16.0 Å². The van der Waals surface area contributed by atoms with Crippen LogP contribution in [0.2, 0.25) is 0 Å². The van der Waals surface area contributed by atoms with Crippen molar-refractivity contribution >= 4 is 34.7 Å². The van der Waals surface area contributed by atoms with E-state index in [1.54, 1.807) is 6.20 Å². The zero-order valence-electron chi connectivity index (χ0n) is 19.9. The summed E-state index contributed by atoms with van der Waals surface area (Å²) in [5.74, 6) is 2.48. The van der Waals surface area contributed by atoms with Gasteiger partial charge in [-0.15, -0.1) is 0 Å². The minimum Gasteiger partial charge on any atom is -0.340 e. The largest absolute Gasteiger partial charge is 0.340 e. The first-order valence-corrected chi connectivity index (χ1v) is 11.5. The van der Waals surface area contributed by atoms with Crippen molar-refractivity contribution in [3.63, 3.8) is 0 Å². The summed E-state index contributed by atoms with van der Waals surface area (Å²) >= 11 is 0. The molecule has 36 heavy (non-hydrogen) atoms. The highest BCUT2D eigenvalue weighted by Gasteiger charge is 2.08. The summed E-state index contributed by atoms with van der Waals surface area (Å²) < 4.78 is 1.99. The lowest BCUT2D eigenvalue weighted by Gasteiger charge is -2.11. The minimum atomic E-state index is -0.165. The molecule has 0 fully saturated rings. The normalized spacial score (nSPS) is 10.6. The molecular formula is C28H25N7O. The predicted molar refractivity (Wildman–Crippen MR) is 142 cm³/mol. The molecule has 5 rings (SSSR count). The van der Waals surface area contributed by atoms with E-state index in [0.29, 0.717) is 28.7 Å². The van der Waals surface area contributed by atoms with E-state index in [0.717, 1.165) is 22.8 Å². The maximum absolute atomic E-state index is 12.7. The number of nitrogens with zero attached hydrogens (tertiary/aromatic N) is 4. The highest BCUT2D eigenvalue weighted by molar-refractivity contribution is 6.04. The number of benzene rings is 2. The Balaban J connectivity index is 1.23. The van der Waals surface area contributed by atoms with Crippen molar-refractivity contribution in [2.75, 3.05) is 16.0 Å². The Morgan fingerprint density at radius 1 is 0.750 bits per heavy atom. The topological polar surface area (TPSA) is 96.8 Å². The van der Waals surface area contributed by atoms with Crippen molar-refractivity contribution in [1.82, 2.24) is 19.5 Å². The Bertz CT molecular complexity index is 1480. The molecule has 8 nitrogen and oxygen atoms in total. The van der Waals surface area contributed by atoms with Crippen LogP contribution >= 0.6 is 0 Å². The minimum absolute atomic E-state index is 0.165. The van der Waals surface area contributed by atoms with Gasteiger partial charge in [-0.3, -0.25) is 4.79 Å². The number of carbonyl (C=O) groups is 1. The maximum Gasteiger partial charge on any atom is 0.255 e. The number of nitrogens with one attached hydrogen (secondary N) is 3. The molecule has 8 heteroatoms. The molecule has 3 aromatic heterocycles. The summed E-state index contributed by atoms with van der Waals surface area (Å²) in [5.41, 5.74) is 4.24. The van der Waals surface area contributed by atoms with E-state index in [2.05, 4.69) is 30.9 Å². The number of pyridine rings is 1. The Kier molecular flexibility index (Phi) is 6.40. The Morgan fingerprint density at radius 3 is 2.11 bits per heavy atom. The molecule has 178 valence electrons. The van der Waals surface area contributed by atoms with Crippen LogP contribution in [0, 0.1) is 13.8 Å². The number of rotatable bonds is 7. The summed E-state index contributed by atoms with van der Waals surface area (Å²) in [6, 6.07) is 24.6. The van der Waals surface area contributed by atoms with Crippen molar-refractivity contribution in [3.8, 4) is 5.69 Å². The Morgan fingerprint density at radius 2 is 1.42 bits per heavy atom. The fraction of sp³-hybridized carbons (Fsp3) is 0.0714. The molecule has 0 atom stereocenters. The standard InChI is InChI=1S/C28H25N7O/c1-19-13-14-29-25(17-19)34-27-18-26(30-20(2)31-27)32-22-7-9-23(10-8-22)33-28(36)21-5-11-24(12-6-21)35-15-3-4-16-35/h3-18H,1-2H3,(H,33,36)(H2,29,30,31,32,34). The Labute approximate surface area is 209 Å². The molecule has 0 aliphatic carbocycles. The van der Waals surface area contributed by atoms with Crippen LogP contribution in [0.3, 0.4) is 0 Å². The lowest BCUT2D eigenvalue weighted by Crippen LogP contribution is -2.11. The van der Waals surface area contributed by atoms with Crippen LogP contribution in [0.25, 0.3) is 5.69 Å². The summed E-state index contributed by atoms with van der Waals surface area (Å²) in [6.45, 7) is 3.85. The molecule has 0 aliphatic heterocycles. The zero-order valence-corrected chi connectivity index (χ0v) is 19.9. The lowest BCUT2D eigenvalue weighted by molar-refractivity contribution is 0.102. The van der Waals surface area contributed by atoms with Crippen molar-refractivity contribution in [1.29, 1.82) is 0 Å². The molecule has 0 saturated carbocycles. The summed E-state index contributed by atoms with van der Waals surface area (Å²) in [4.78, 5) is 25.9. The van der Waals surface area contributed by atoms with E-state index in [-0.39, 0.29) is 5.91 Å². The van der Waals surface area contributed by atoms with Crippen LogP contribution in [0.4, 0.5) is 28.8 Å². The van der Waals surface area contributed by atoms with Gasteiger partial charge in [0, 0.05) is 47.3 Å². The van der Waals surface area contributed by atoms with Gasteiger partial charge >= 0.3 is 0 Å². The molecule has 0 radical (unpaired) electrons. The molecule has 0 unspecified atom stereocenters. The number of hydrogen-bond donors (Lipinski definition) is 3. The van der Waals surface area contributed by atoms with Gasteiger partial charge in [0.05, 0.1) is 0 Å². The van der Waals surface area contributed by atoms with Crippen molar-refractivity contribution in [3.05, 3.63) is 114 Å². The van der Waals surface area contributed by atoms with Crippen LogP contribution in [0.1, 0.15) is 21.7 Å². The number of amides is 1. The molecule has 2 aromatic carbocycles. The molecular weight excluding hydrogens is 450 g/mol. The molecule has 3 heterocycles. The van der Waals surface area contributed by atoms with Gasteiger partial charge in [-0.05, 0) is 92.2 Å². The number of aromatic nitrogens is 4. The second kappa shape index (κ2) is 10.1. The van der Waals surface area contributed by atoms with Crippen LogP contribution in [0.15, 0.2) is 97.5 Å².